The maximum atomic E-state index is 12.4. The molecule has 20 heavy (non-hydrogen) atoms. The summed E-state index contributed by atoms with van der Waals surface area (Å²) in [6.45, 7) is 6.30. The molecular formula is C14H23N3O2S. The number of aryl methyl sites for hydroxylation is 2. The fourth-order valence-corrected chi connectivity index (χ4v) is 3.51. The van der Waals surface area contributed by atoms with E-state index >= 15 is 0 Å². The quantitative estimate of drug-likeness (QED) is 0.855. The molecule has 6 heteroatoms. The average Bonchev–Trinajstić information content (AvgIpc) is 2.77. The molecule has 3 N–H and O–H groups in total. The van der Waals surface area contributed by atoms with E-state index in [-0.39, 0.29) is 5.91 Å². The summed E-state index contributed by atoms with van der Waals surface area (Å²) in [7, 11) is 0. The van der Waals surface area contributed by atoms with Crippen LogP contribution in [0, 0.1) is 19.3 Å². The molecule has 0 radical (unpaired) electrons. The van der Waals surface area contributed by atoms with Crippen molar-refractivity contribution in [1.29, 1.82) is 0 Å². The number of ether oxygens (including phenoxy) is 1. The Balaban J connectivity index is 1.86. The summed E-state index contributed by atoms with van der Waals surface area (Å²) >= 11 is 1.70. The highest BCUT2D eigenvalue weighted by atomic mass is 32.1. The Bertz CT molecular complexity index is 467. The van der Waals surface area contributed by atoms with Crippen LogP contribution in [0.5, 0.6) is 0 Å². The molecule has 0 spiro atoms. The third-order valence-electron chi connectivity index (χ3n) is 3.96. The highest BCUT2D eigenvalue weighted by Gasteiger charge is 2.38. The van der Waals surface area contributed by atoms with Gasteiger partial charge >= 0.3 is 0 Å². The van der Waals surface area contributed by atoms with Gasteiger partial charge in [-0.2, -0.15) is 0 Å². The lowest BCUT2D eigenvalue weighted by molar-refractivity contribution is -0.135. The number of thiazole rings is 1. The highest BCUT2D eigenvalue weighted by molar-refractivity contribution is 7.11. The van der Waals surface area contributed by atoms with Crippen molar-refractivity contribution in [3.05, 3.63) is 15.6 Å². The number of carbonyl (C=O) groups is 1. The summed E-state index contributed by atoms with van der Waals surface area (Å²) in [5.74, 6) is 0.0715. The number of amides is 1. The molecule has 1 aromatic rings. The molecule has 0 unspecified atom stereocenters. The van der Waals surface area contributed by atoms with Crippen molar-refractivity contribution < 1.29 is 9.53 Å². The number of nitrogens with zero attached hydrogens (tertiary/aromatic N) is 1. The number of nitrogens with one attached hydrogen (secondary N) is 1. The molecule has 5 nitrogen and oxygen atoms in total. The van der Waals surface area contributed by atoms with Crippen molar-refractivity contribution in [1.82, 2.24) is 10.3 Å². The van der Waals surface area contributed by atoms with Crippen LogP contribution in [0.2, 0.25) is 0 Å². The van der Waals surface area contributed by atoms with Crippen LogP contribution in [0.4, 0.5) is 0 Å². The molecule has 2 heterocycles. The molecule has 1 amide bonds. The first kappa shape index (κ1) is 15.4. The van der Waals surface area contributed by atoms with Crippen molar-refractivity contribution in [2.75, 3.05) is 26.3 Å². The predicted molar refractivity (Wildman–Crippen MR) is 79.8 cm³/mol. The topological polar surface area (TPSA) is 77.2 Å². The van der Waals surface area contributed by atoms with Crippen LogP contribution in [-0.4, -0.2) is 37.2 Å². The third kappa shape index (κ3) is 3.37. The summed E-state index contributed by atoms with van der Waals surface area (Å²) in [5, 5.41) is 4.11. The predicted octanol–water partition coefficient (Wildman–Crippen LogP) is 1.17. The van der Waals surface area contributed by atoms with E-state index in [1.165, 1.54) is 4.88 Å². The summed E-state index contributed by atoms with van der Waals surface area (Å²) in [6.07, 6.45) is 2.27. The van der Waals surface area contributed by atoms with Crippen LogP contribution < -0.4 is 11.1 Å². The largest absolute Gasteiger partial charge is 0.381 e. The highest BCUT2D eigenvalue weighted by Crippen LogP contribution is 2.29. The van der Waals surface area contributed by atoms with Crippen molar-refractivity contribution in [3.8, 4) is 0 Å². The fraction of sp³-hybridized carbons (Fsp3) is 0.714. The molecule has 0 aromatic carbocycles. The molecule has 1 aromatic heterocycles. The maximum Gasteiger partial charge on any atom is 0.227 e. The Hall–Kier alpha value is -0.980. The average molecular weight is 297 g/mol. The van der Waals surface area contributed by atoms with Gasteiger partial charge in [-0.1, -0.05) is 0 Å². The number of hydrogen-bond acceptors (Lipinski definition) is 5. The van der Waals surface area contributed by atoms with Gasteiger partial charge in [-0.25, -0.2) is 4.98 Å². The van der Waals surface area contributed by atoms with E-state index in [2.05, 4.69) is 10.3 Å². The van der Waals surface area contributed by atoms with Gasteiger partial charge in [0.2, 0.25) is 5.91 Å². The molecule has 2 rings (SSSR count). The van der Waals surface area contributed by atoms with Gasteiger partial charge in [0.15, 0.2) is 0 Å². The van der Waals surface area contributed by atoms with Crippen LogP contribution in [0.3, 0.4) is 0 Å². The van der Waals surface area contributed by atoms with Gasteiger partial charge in [-0.3, -0.25) is 4.79 Å². The van der Waals surface area contributed by atoms with Crippen LogP contribution >= 0.6 is 11.3 Å². The van der Waals surface area contributed by atoms with Gasteiger partial charge in [0.25, 0.3) is 0 Å². The van der Waals surface area contributed by atoms with E-state index in [1.807, 2.05) is 13.8 Å². The molecule has 1 aliphatic rings. The van der Waals surface area contributed by atoms with Crippen molar-refractivity contribution >= 4 is 17.2 Å². The Labute approximate surface area is 123 Å². The van der Waals surface area contributed by atoms with E-state index in [0.29, 0.717) is 39.1 Å². The van der Waals surface area contributed by atoms with Crippen LogP contribution in [0.1, 0.15) is 28.4 Å². The van der Waals surface area contributed by atoms with E-state index in [4.69, 9.17) is 10.5 Å². The minimum absolute atomic E-state index is 0.0715. The van der Waals surface area contributed by atoms with Crippen molar-refractivity contribution in [2.45, 2.75) is 33.1 Å². The van der Waals surface area contributed by atoms with Crippen LogP contribution in [-0.2, 0) is 16.0 Å². The van der Waals surface area contributed by atoms with E-state index in [9.17, 15) is 4.79 Å². The van der Waals surface area contributed by atoms with Gasteiger partial charge in [0.05, 0.1) is 16.1 Å². The number of aromatic nitrogens is 1. The molecule has 0 aliphatic carbocycles. The van der Waals surface area contributed by atoms with Crippen molar-refractivity contribution in [2.24, 2.45) is 11.1 Å². The summed E-state index contributed by atoms with van der Waals surface area (Å²) < 4.78 is 5.33. The normalized spacial score (nSPS) is 17.9. The summed E-state index contributed by atoms with van der Waals surface area (Å²) in [4.78, 5) is 18.0. The Kier molecular flexibility index (Phi) is 5.12. The molecule has 0 bridgehead atoms. The van der Waals surface area contributed by atoms with Crippen LogP contribution in [0.15, 0.2) is 0 Å². The van der Waals surface area contributed by atoms with Crippen molar-refractivity contribution in [3.63, 3.8) is 0 Å². The second-order valence-corrected chi connectivity index (χ2v) is 6.63. The summed E-state index contributed by atoms with van der Waals surface area (Å²) in [5.41, 5.74) is 6.46. The molecule has 0 atom stereocenters. The maximum absolute atomic E-state index is 12.4. The van der Waals surface area contributed by atoms with Crippen LogP contribution in [0.25, 0.3) is 0 Å². The smallest absolute Gasteiger partial charge is 0.227 e. The minimum atomic E-state index is -0.434. The zero-order valence-electron chi connectivity index (χ0n) is 12.2. The number of nitrogens with two attached hydrogens (primary N) is 1. The molecule has 1 saturated heterocycles. The Morgan fingerprint density at radius 2 is 2.15 bits per heavy atom. The van der Waals surface area contributed by atoms with Gasteiger partial charge in [-0.05, 0) is 26.7 Å². The standard InChI is InChI=1S/C14H23N3O2S/c1-10-12(20-11(2)17-10)3-6-16-13(18)14(9-15)4-7-19-8-5-14/h3-9,15H2,1-2H3,(H,16,18). The number of rotatable bonds is 5. The van der Waals surface area contributed by atoms with E-state index in [1.54, 1.807) is 11.3 Å². The SMILES string of the molecule is Cc1nc(C)c(CCNC(=O)C2(CN)CCOCC2)s1. The Morgan fingerprint density at radius 3 is 2.70 bits per heavy atom. The molecule has 1 aliphatic heterocycles. The fourth-order valence-electron chi connectivity index (χ4n) is 2.57. The molecule has 0 saturated carbocycles. The molecule has 1 fully saturated rings. The zero-order chi connectivity index (χ0) is 14.6. The van der Waals surface area contributed by atoms with Gasteiger partial charge in [0.1, 0.15) is 0 Å². The van der Waals surface area contributed by atoms with E-state index in [0.717, 1.165) is 17.1 Å². The number of hydrogen-bond donors (Lipinski definition) is 2. The minimum Gasteiger partial charge on any atom is -0.381 e. The molecular weight excluding hydrogens is 274 g/mol. The lowest BCUT2D eigenvalue weighted by Gasteiger charge is -2.34. The zero-order valence-corrected chi connectivity index (χ0v) is 13.0. The first-order valence-electron chi connectivity index (χ1n) is 7.06. The third-order valence-corrected chi connectivity index (χ3v) is 5.09. The monoisotopic (exact) mass is 297 g/mol. The second kappa shape index (κ2) is 6.65. The summed E-state index contributed by atoms with van der Waals surface area (Å²) in [6, 6.07) is 0. The first-order valence-corrected chi connectivity index (χ1v) is 7.88. The number of carbonyl (C=O) groups excluding carboxylic acids is 1. The lowest BCUT2D eigenvalue weighted by Crippen LogP contribution is -2.49. The van der Waals surface area contributed by atoms with Gasteiger partial charge in [0, 0.05) is 37.6 Å². The van der Waals surface area contributed by atoms with Gasteiger partial charge in [-0.15, -0.1) is 11.3 Å². The lowest BCUT2D eigenvalue weighted by atomic mass is 9.79. The second-order valence-electron chi connectivity index (χ2n) is 5.34. The Morgan fingerprint density at radius 1 is 1.45 bits per heavy atom. The van der Waals surface area contributed by atoms with Gasteiger partial charge < -0.3 is 15.8 Å². The first-order chi connectivity index (χ1) is 9.57. The van der Waals surface area contributed by atoms with E-state index < -0.39 is 5.41 Å². The molecule has 112 valence electrons.